The molecule has 0 bridgehead atoms. The third kappa shape index (κ3) is 3.50. The molecule has 6 nitrogen and oxygen atoms in total. The van der Waals surface area contributed by atoms with Gasteiger partial charge in [0, 0.05) is 27.4 Å². The first-order valence-electron chi connectivity index (χ1n) is 8.64. The summed E-state index contributed by atoms with van der Waals surface area (Å²) >= 11 is 13.8. The Morgan fingerprint density at radius 3 is 2.75 bits per heavy atom. The number of ether oxygens (including phenoxy) is 2. The Kier molecular flexibility index (Phi) is 5.07. The summed E-state index contributed by atoms with van der Waals surface area (Å²) in [5.41, 5.74) is 1.54. The van der Waals surface area contributed by atoms with Gasteiger partial charge in [0.1, 0.15) is 15.8 Å². The molecule has 0 saturated carbocycles. The second-order valence-corrected chi connectivity index (χ2v) is 8.49. The summed E-state index contributed by atoms with van der Waals surface area (Å²) in [7, 11) is 0. The van der Waals surface area contributed by atoms with E-state index in [9.17, 15) is 9.59 Å². The van der Waals surface area contributed by atoms with E-state index in [1.165, 1.54) is 11.3 Å². The van der Waals surface area contributed by atoms with Crippen LogP contribution in [0.5, 0.6) is 0 Å². The van der Waals surface area contributed by atoms with Crippen molar-refractivity contribution in [3.05, 3.63) is 50.4 Å². The fourth-order valence-electron chi connectivity index (χ4n) is 3.16. The highest BCUT2D eigenvalue weighted by Gasteiger charge is 2.35. The van der Waals surface area contributed by atoms with Crippen LogP contribution in [0.4, 0.5) is 0 Å². The van der Waals surface area contributed by atoms with Gasteiger partial charge in [0.2, 0.25) is 6.10 Å². The minimum Gasteiger partial charge on any atom is -0.460 e. The summed E-state index contributed by atoms with van der Waals surface area (Å²) in [4.78, 5) is 25.4. The number of hydrogen-bond donors (Lipinski definition) is 0. The highest BCUT2D eigenvalue weighted by molar-refractivity contribution is 7.20. The molecule has 1 fully saturated rings. The van der Waals surface area contributed by atoms with Gasteiger partial charge in [-0.2, -0.15) is 5.10 Å². The van der Waals surface area contributed by atoms with Gasteiger partial charge in [-0.25, -0.2) is 14.3 Å². The van der Waals surface area contributed by atoms with Crippen molar-refractivity contribution in [2.75, 3.05) is 0 Å². The monoisotopic (exact) mass is 438 g/mol. The number of carbonyl (C=O) groups is 2. The molecular formula is C19H16Cl2N2O4S. The highest BCUT2D eigenvalue weighted by atomic mass is 35.5. The zero-order valence-corrected chi connectivity index (χ0v) is 17.4. The molecule has 0 aliphatic carbocycles. The van der Waals surface area contributed by atoms with Crippen molar-refractivity contribution in [1.29, 1.82) is 0 Å². The number of carbonyl (C=O) groups excluding carboxylic acids is 2. The number of aryl methyl sites for hydroxylation is 1. The van der Waals surface area contributed by atoms with Gasteiger partial charge >= 0.3 is 11.9 Å². The van der Waals surface area contributed by atoms with Crippen molar-refractivity contribution < 1.29 is 19.1 Å². The summed E-state index contributed by atoms with van der Waals surface area (Å²) < 4.78 is 12.1. The fourth-order valence-corrected chi connectivity index (χ4v) is 4.72. The summed E-state index contributed by atoms with van der Waals surface area (Å²) in [5, 5.41) is 6.50. The van der Waals surface area contributed by atoms with Gasteiger partial charge in [-0.15, -0.1) is 11.3 Å². The summed E-state index contributed by atoms with van der Waals surface area (Å²) in [5.74, 6) is -1.04. The van der Waals surface area contributed by atoms with E-state index < -0.39 is 18.0 Å². The third-order valence-electron chi connectivity index (χ3n) is 4.55. The normalized spacial score (nSPS) is 19.2. The molecule has 1 aromatic carbocycles. The van der Waals surface area contributed by atoms with Crippen LogP contribution in [-0.4, -0.2) is 33.9 Å². The van der Waals surface area contributed by atoms with Crippen LogP contribution >= 0.6 is 34.5 Å². The van der Waals surface area contributed by atoms with Gasteiger partial charge in [0.25, 0.3) is 0 Å². The molecule has 2 atom stereocenters. The Bertz CT molecular complexity index is 1070. The van der Waals surface area contributed by atoms with Gasteiger partial charge in [0.05, 0.1) is 12.2 Å². The zero-order chi connectivity index (χ0) is 20.0. The van der Waals surface area contributed by atoms with Crippen molar-refractivity contribution in [3.63, 3.8) is 0 Å². The molecular weight excluding hydrogens is 423 g/mol. The average Bonchev–Trinajstić information content (AvgIpc) is 3.28. The van der Waals surface area contributed by atoms with Crippen molar-refractivity contribution in [2.45, 2.75) is 39.0 Å². The second kappa shape index (κ2) is 7.39. The number of aromatic nitrogens is 2. The molecule has 146 valence electrons. The smallest absolute Gasteiger partial charge is 0.349 e. The second-order valence-electron chi connectivity index (χ2n) is 6.65. The fraction of sp³-hybridized carbons (Fsp3) is 0.316. The van der Waals surface area contributed by atoms with Gasteiger partial charge in [-0.05, 0) is 32.0 Å². The van der Waals surface area contributed by atoms with Crippen LogP contribution in [0.1, 0.15) is 34.3 Å². The van der Waals surface area contributed by atoms with E-state index in [1.54, 1.807) is 35.9 Å². The van der Waals surface area contributed by atoms with Gasteiger partial charge in [-0.1, -0.05) is 29.3 Å². The number of nitrogens with zero attached hydrogens (tertiary/aromatic N) is 2. The van der Waals surface area contributed by atoms with E-state index in [4.69, 9.17) is 32.7 Å². The number of cyclic esters (lactones) is 1. The molecule has 1 saturated heterocycles. The maximum absolute atomic E-state index is 12.5. The van der Waals surface area contributed by atoms with E-state index in [1.807, 2.05) is 6.92 Å². The van der Waals surface area contributed by atoms with Crippen LogP contribution in [0.2, 0.25) is 10.0 Å². The van der Waals surface area contributed by atoms with Crippen molar-refractivity contribution in [3.8, 4) is 0 Å². The van der Waals surface area contributed by atoms with Crippen LogP contribution in [-0.2, 0) is 20.8 Å². The summed E-state index contributed by atoms with van der Waals surface area (Å²) in [6.45, 7) is 4.01. The van der Waals surface area contributed by atoms with Crippen molar-refractivity contribution in [1.82, 2.24) is 9.78 Å². The maximum Gasteiger partial charge on any atom is 0.349 e. The number of benzene rings is 1. The summed E-state index contributed by atoms with van der Waals surface area (Å²) in [6.07, 6.45) is -0.732. The van der Waals surface area contributed by atoms with Gasteiger partial charge < -0.3 is 9.47 Å². The lowest BCUT2D eigenvalue weighted by Crippen LogP contribution is -2.22. The first-order valence-corrected chi connectivity index (χ1v) is 10.2. The highest BCUT2D eigenvalue weighted by Crippen LogP contribution is 2.32. The molecule has 0 amide bonds. The number of fused-ring (bicyclic) bond motifs is 1. The molecule has 1 aliphatic rings. The molecule has 9 heteroatoms. The van der Waals surface area contributed by atoms with Crippen LogP contribution in [0.3, 0.4) is 0 Å². The molecule has 3 heterocycles. The predicted molar refractivity (Wildman–Crippen MR) is 107 cm³/mol. The van der Waals surface area contributed by atoms with E-state index in [0.29, 0.717) is 27.9 Å². The standard InChI is InChI=1S/C19H16Cl2N2O4S/c1-9-6-15(18(24)26-9)27-19(25)16-7-11-10(2)22-23(17(11)28-16)8-12-13(20)4-3-5-14(12)21/h3-5,7,9,15H,6,8H2,1-2H3. The average molecular weight is 439 g/mol. The van der Waals surface area contributed by atoms with Crippen molar-refractivity contribution >= 4 is 56.7 Å². The van der Waals surface area contributed by atoms with Gasteiger partial charge in [0.15, 0.2) is 0 Å². The molecule has 1 aliphatic heterocycles. The molecule has 28 heavy (non-hydrogen) atoms. The van der Waals surface area contributed by atoms with E-state index in [0.717, 1.165) is 21.5 Å². The first kappa shape index (κ1) is 19.2. The maximum atomic E-state index is 12.5. The lowest BCUT2D eigenvalue weighted by atomic mass is 10.2. The van der Waals surface area contributed by atoms with Crippen LogP contribution in [0.15, 0.2) is 24.3 Å². The van der Waals surface area contributed by atoms with Gasteiger partial charge in [-0.3, -0.25) is 0 Å². The number of thiophene rings is 1. The Labute approximate surface area is 174 Å². The number of rotatable bonds is 4. The topological polar surface area (TPSA) is 70.4 Å². The van der Waals surface area contributed by atoms with E-state index >= 15 is 0 Å². The molecule has 2 aromatic heterocycles. The molecule has 4 rings (SSSR count). The predicted octanol–water partition coefficient (Wildman–Crippen LogP) is 4.62. The summed E-state index contributed by atoms with van der Waals surface area (Å²) in [6, 6.07) is 7.07. The molecule has 3 aromatic rings. The lowest BCUT2D eigenvalue weighted by Gasteiger charge is -2.08. The minimum absolute atomic E-state index is 0.246. The lowest BCUT2D eigenvalue weighted by molar-refractivity contribution is -0.147. The third-order valence-corrected chi connectivity index (χ3v) is 6.39. The molecule has 0 N–H and O–H groups in total. The molecule has 0 radical (unpaired) electrons. The number of esters is 2. The Balaban J connectivity index is 1.62. The number of halogens is 2. The SMILES string of the molecule is Cc1nn(Cc2c(Cl)cccc2Cl)c2sc(C(=O)OC3CC(C)OC3=O)cc12. The Morgan fingerprint density at radius 2 is 2.11 bits per heavy atom. The van der Waals surface area contributed by atoms with Crippen molar-refractivity contribution in [2.24, 2.45) is 0 Å². The van der Waals surface area contributed by atoms with Crippen LogP contribution in [0, 0.1) is 6.92 Å². The largest absolute Gasteiger partial charge is 0.460 e. The quantitative estimate of drug-likeness (QED) is 0.555. The minimum atomic E-state index is -0.854. The Morgan fingerprint density at radius 1 is 1.39 bits per heavy atom. The van der Waals surface area contributed by atoms with Crippen LogP contribution < -0.4 is 0 Å². The number of hydrogen-bond acceptors (Lipinski definition) is 6. The van der Waals surface area contributed by atoms with Crippen LogP contribution in [0.25, 0.3) is 10.2 Å². The molecule has 2 unspecified atom stereocenters. The zero-order valence-electron chi connectivity index (χ0n) is 15.1. The van der Waals surface area contributed by atoms with E-state index in [2.05, 4.69) is 5.10 Å². The first-order chi connectivity index (χ1) is 13.3. The Hall–Kier alpha value is -2.09. The molecule has 0 spiro atoms. The van der Waals surface area contributed by atoms with E-state index in [-0.39, 0.29) is 6.10 Å².